The molecule has 1 heterocycles. The first-order valence-corrected chi connectivity index (χ1v) is 14.6. The largest absolute Gasteiger partial charge is 0.477 e. The number of carbonyl (C=O) groups is 1. The molecule has 5 aliphatic rings. The topological polar surface area (TPSA) is 183 Å². The first-order chi connectivity index (χ1) is 17.8. The SMILES string of the molecule is Cc1ccc(S(=O)(=O)OC[C@@H](O)[C@@H](O)C2OC(O)(C(=O)O)C[C@H](O)[C@H]2NC23CC4CC(CC(C4)C2)C3)cc1. The molecular weight excluding hydrogens is 518 g/mol. The van der Waals surface area contributed by atoms with Crippen molar-refractivity contribution >= 4 is 16.1 Å². The molecule has 0 amide bonds. The van der Waals surface area contributed by atoms with Gasteiger partial charge in [0.2, 0.25) is 0 Å². The summed E-state index contributed by atoms with van der Waals surface area (Å²) < 4.78 is 35.5. The summed E-state index contributed by atoms with van der Waals surface area (Å²) in [6.07, 6.45) is -1.17. The summed E-state index contributed by atoms with van der Waals surface area (Å²) in [4.78, 5) is 11.6. The third-order valence-corrected chi connectivity index (χ3v) is 10.2. The van der Waals surface area contributed by atoms with Gasteiger partial charge in [-0.15, -0.1) is 0 Å². The van der Waals surface area contributed by atoms with Crippen LogP contribution in [0.25, 0.3) is 0 Å². The highest BCUT2D eigenvalue weighted by molar-refractivity contribution is 7.86. The molecule has 6 N–H and O–H groups in total. The smallest absolute Gasteiger partial charge is 0.364 e. The van der Waals surface area contributed by atoms with Crippen LogP contribution >= 0.6 is 0 Å². The van der Waals surface area contributed by atoms with E-state index in [4.69, 9.17) is 8.92 Å². The van der Waals surface area contributed by atoms with Gasteiger partial charge in [0.15, 0.2) is 0 Å². The fourth-order valence-corrected chi connectivity index (χ4v) is 8.39. The Morgan fingerprint density at radius 1 is 1.08 bits per heavy atom. The highest BCUT2D eigenvalue weighted by atomic mass is 32.2. The van der Waals surface area contributed by atoms with Gasteiger partial charge in [-0.2, -0.15) is 8.42 Å². The number of ether oxygens (including phenoxy) is 1. The molecule has 12 heteroatoms. The van der Waals surface area contributed by atoms with E-state index in [0.717, 1.165) is 24.8 Å². The Hall–Kier alpha value is -1.64. The van der Waals surface area contributed by atoms with E-state index in [2.05, 4.69) is 5.32 Å². The summed E-state index contributed by atoms with van der Waals surface area (Å²) in [5.74, 6) is -2.86. The normalized spacial score (nSPS) is 40.1. The van der Waals surface area contributed by atoms with Crippen molar-refractivity contribution in [1.29, 1.82) is 0 Å². The highest BCUT2D eigenvalue weighted by Crippen LogP contribution is 2.56. The average Bonchev–Trinajstić information content (AvgIpc) is 2.83. The lowest BCUT2D eigenvalue weighted by Crippen LogP contribution is -2.71. The van der Waals surface area contributed by atoms with Crippen molar-refractivity contribution < 1.29 is 47.7 Å². The number of aliphatic hydroxyl groups excluding tert-OH is 3. The van der Waals surface area contributed by atoms with Crippen molar-refractivity contribution in [1.82, 2.24) is 5.32 Å². The minimum absolute atomic E-state index is 0.129. The van der Waals surface area contributed by atoms with Crippen LogP contribution < -0.4 is 5.32 Å². The number of aliphatic carboxylic acids is 1. The molecule has 212 valence electrons. The quantitative estimate of drug-likeness (QED) is 0.230. The summed E-state index contributed by atoms with van der Waals surface area (Å²) in [6, 6.07) is 4.88. The first kappa shape index (κ1) is 27.9. The van der Waals surface area contributed by atoms with Crippen molar-refractivity contribution in [2.75, 3.05) is 6.61 Å². The lowest BCUT2D eigenvalue weighted by Gasteiger charge is -2.59. The Balaban J connectivity index is 1.34. The maximum absolute atomic E-state index is 12.6. The molecule has 11 nitrogen and oxygen atoms in total. The summed E-state index contributed by atoms with van der Waals surface area (Å²) in [7, 11) is -4.25. The van der Waals surface area contributed by atoms with Crippen LogP contribution in [0.15, 0.2) is 29.2 Å². The van der Waals surface area contributed by atoms with Gasteiger partial charge in [0.05, 0.1) is 23.6 Å². The van der Waals surface area contributed by atoms with Gasteiger partial charge in [-0.25, -0.2) is 4.79 Å². The number of aliphatic hydroxyl groups is 4. The molecule has 0 radical (unpaired) electrons. The number of rotatable bonds is 9. The second kappa shape index (κ2) is 10.1. The Bertz CT molecular complexity index is 1110. The van der Waals surface area contributed by atoms with Crippen LogP contribution in [0.5, 0.6) is 0 Å². The molecule has 38 heavy (non-hydrogen) atoms. The van der Waals surface area contributed by atoms with Crippen LogP contribution in [0.2, 0.25) is 0 Å². The van der Waals surface area contributed by atoms with Gasteiger partial charge in [0, 0.05) is 12.0 Å². The Morgan fingerprint density at radius 2 is 1.63 bits per heavy atom. The molecule has 5 fully saturated rings. The zero-order chi connectivity index (χ0) is 27.5. The summed E-state index contributed by atoms with van der Waals surface area (Å²) in [5.41, 5.74) is 0.521. The maximum Gasteiger partial charge on any atom is 0.364 e. The lowest BCUT2D eigenvalue weighted by molar-refractivity contribution is -0.297. The third kappa shape index (κ3) is 5.37. The number of benzene rings is 1. The molecule has 1 aliphatic heterocycles. The van der Waals surface area contributed by atoms with Gasteiger partial charge in [-0.05, 0) is 75.3 Å². The van der Waals surface area contributed by atoms with Gasteiger partial charge >= 0.3 is 5.97 Å². The van der Waals surface area contributed by atoms with Crippen LogP contribution in [0, 0.1) is 24.7 Å². The third-order valence-electron chi connectivity index (χ3n) is 8.87. The summed E-state index contributed by atoms with van der Waals surface area (Å²) >= 11 is 0. The maximum atomic E-state index is 12.6. The molecule has 4 bridgehead atoms. The molecular formula is C26H37NO10S. The number of hydrogen-bond donors (Lipinski definition) is 6. The number of nitrogens with one attached hydrogen (secondary N) is 1. The second-order valence-corrected chi connectivity index (χ2v) is 13.5. The van der Waals surface area contributed by atoms with E-state index in [1.54, 1.807) is 19.1 Å². The van der Waals surface area contributed by atoms with Crippen LogP contribution in [0.3, 0.4) is 0 Å². The number of hydrogen-bond acceptors (Lipinski definition) is 10. The Morgan fingerprint density at radius 3 is 2.16 bits per heavy atom. The van der Waals surface area contributed by atoms with E-state index in [0.29, 0.717) is 17.8 Å². The lowest BCUT2D eigenvalue weighted by atomic mass is 9.52. The van der Waals surface area contributed by atoms with Crippen molar-refractivity contribution in [2.45, 2.75) is 98.5 Å². The van der Waals surface area contributed by atoms with Crippen LogP contribution in [-0.4, -0.2) is 88.3 Å². The molecule has 1 aromatic carbocycles. The number of carboxylic acids is 1. The minimum atomic E-state index is -4.25. The molecule has 1 saturated heterocycles. The summed E-state index contributed by atoms with van der Waals surface area (Å²) in [6.45, 7) is 0.949. The van der Waals surface area contributed by atoms with Gasteiger partial charge < -0.3 is 35.6 Å². The zero-order valence-electron chi connectivity index (χ0n) is 21.3. The zero-order valence-corrected chi connectivity index (χ0v) is 22.1. The average molecular weight is 556 g/mol. The Labute approximate surface area is 221 Å². The van der Waals surface area contributed by atoms with Crippen LogP contribution in [-0.2, 0) is 23.8 Å². The van der Waals surface area contributed by atoms with E-state index in [1.165, 1.54) is 31.4 Å². The van der Waals surface area contributed by atoms with Gasteiger partial charge in [-0.3, -0.25) is 4.18 Å². The monoisotopic (exact) mass is 555 g/mol. The molecule has 2 unspecified atom stereocenters. The van der Waals surface area contributed by atoms with Gasteiger partial charge in [-0.1, -0.05) is 17.7 Å². The standard InChI is InChI=1S/C26H37NO10S/c1-14-2-4-18(5-3-14)38(34,35)36-13-20(29)22(30)23-21(19(28)12-26(33,37-23)24(31)32)27-25-9-15-6-16(10-25)8-17(7-15)11-25/h2-5,15-17,19-23,27-30,33H,6-13H2,1H3,(H,31,32)/t15?,16?,17?,19-,20+,21+,22+,23?,25?,26?/m0/s1. The van der Waals surface area contributed by atoms with Gasteiger partial charge in [0.1, 0.15) is 18.3 Å². The van der Waals surface area contributed by atoms with E-state index >= 15 is 0 Å². The molecule has 4 saturated carbocycles. The molecule has 0 aromatic heterocycles. The van der Waals surface area contributed by atoms with Crippen molar-refractivity contribution in [2.24, 2.45) is 17.8 Å². The predicted molar refractivity (Wildman–Crippen MR) is 132 cm³/mol. The molecule has 6 atom stereocenters. The molecule has 0 spiro atoms. The molecule has 6 rings (SSSR count). The Kier molecular flexibility index (Phi) is 7.40. The second-order valence-electron chi connectivity index (χ2n) is 11.9. The van der Waals surface area contributed by atoms with Crippen molar-refractivity contribution in [3.63, 3.8) is 0 Å². The van der Waals surface area contributed by atoms with Crippen LogP contribution in [0.4, 0.5) is 0 Å². The van der Waals surface area contributed by atoms with Crippen molar-refractivity contribution in [3.8, 4) is 0 Å². The van der Waals surface area contributed by atoms with E-state index in [1.807, 2.05) is 0 Å². The van der Waals surface area contributed by atoms with Crippen LogP contribution in [0.1, 0.15) is 50.5 Å². The number of carboxylic acid groups (broad SMARTS) is 1. The molecule has 1 aromatic rings. The van der Waals surface area contributed by atoms with E-state index < -0.39 is 65.4 Å². The van der Waals surface area contributed by atoms with E-state index in [9.17, 15) is 38.7 Å². The highest BCUT2D eigenvalue weighted by Gasteiger charge is 2.57. The van der Waals surface area contributed by atoms with Gasteiger partial charge in [0.25, 0.3) is 15.9 Å². The first-order valence-electron chi connectivity index (χ1n) is 13.2. The summed E-state index contributed by atoms with van der Waals surface area (Å²) in [5, 5.41) is 56.3. The predicted octanol–water partition coefficient (Wildman–Crippen LogP) is 0.272. The molecule has 4 aliphatic carbocycles. The number of aryl methyl sites for hydroxylation is 1. The van der Waals surface area contributed by atoms with E-state index in [-0.39, 0.29) is 10.4 Å². The fourth-order valence-electron chi connectivity index (χ4n) is 7.46. The minimum Gasteiger partial charge on any atom is -0.477 e. The fraction of sp³-hybridized carbons (Fsp3) is 0.731. The van der Waals surface area contributed by atoms with Crippen molar-refractivity contribution in [3.05, 3.63) is 29.8 Å².